The van der Waals surface area contributed by atoms with Crippen LogP contribution in [-0.4, -0.2) is 55.8 Å². The number of hydrogen-bond acceptors (Lipinski definition) is 3. The summed E-state index contributed by atoms with van der Waals surface area (Å²) in [5.74, 6) is 0. The zero-order valence-corrected chi connectivity index (χ0v) is 9.96. The van der Waals surface area contributed by atoms with Crippen LogP contribution in [0.2, 0.25) is 0 Å². The Morgan fingerprint density at radius 2 is 1.93 bits per heavy atom. The van der Waals surface area contributed by atoms with E-state index in [1.165, 1.54) is 0 Å². The molecule has 2 saturated heterocycles. The van der Waals surface area contributed by atoms with E-state index in [0.717, 1.165) is 25.9 Å². The minimum atomic E-state index is -3.14. The average Bonchev–Trinajstić information content (AvgIpc) is 2.54. The van der Waals surface area contributed by atoms with Gasteiger partial charge in [-0.2, -0.15) is 17.0 Å². The van der Waals surface area contributed by atoms with Crippen molar-refractivity contribution in [3.8, 4) is 0 Å². The van der Waals surface area contributed by atoms with Crippen molar-refractivity contribution in [1.29, 1.82) is 0 Å². The van der Waals surface area contributed by atoms with E-state index in [-0.39, 0.29) is 6.04 Å². The predicted molar refractivity (Wildman–Crippen MR) is 58.8 cm³/mol. The van der Waals surface area contributed by atoms with Gasteiger partial charge in [-0.3, -0.25) is 0 Å². The van der Waals surface area contributed by atoms with Gasteiger partial charge >= 0.3 is 0 Å². The molecule has 0 aromatic rings. The van der Waals surface area contributed by atoms with Crippen molar-refractivity contribution in [2.24, 2.45) is 0 Å². The van der Waals surface area contributed by atoms with E-state index in [1.54, 1.807) is 8.61 Å². The van der Waals surface area contributed by atoms with Gasteiger partial charge in [0.1, 0.15) is 0 Å². The lowest BCUT2D eigenvalue weighted by molar-refractivity contribution is 0.280. The molecule has 6 heteroatoms. The molecule has 0 atom stereocenters. The second kappa shape index (κ2) is 4.37. The van der Waals surface area contributed by atoms with Gasteiger partial charge in [-0.15, -0.1) is 0 Å². The van der Waals surface area contributed by atoms with Crippen LogP contribution in [0.4, 0.5) is 0 Å². The van der Waals surface area contributed by atoms with E-state index < -0.39 is 10.2 Å². The lowest BCUT2D eigenvalue weighted by atomic mass is 10.1. The first kappa shape index (κ1) is 11.3. The largest absolute Gasteiger partial charge is 0.317 e. The molecular weight excluding hydrogens is 214 g/mol. The molecule has 2 heterocycles. The van der Waals surface area contributed by atoms with Gasteiger partial charge in [0.2, 0.25) is 0 Å². The van der Waals surface area contributed by atoms with Gasteiger partial charge in [0.05, 0.1) is 0 Å². The van der Waals surface area contributed by atoms with Crippen molar-refractivity contribution in [3.05, 3.63) is 0 Å². The zero-order chi connectivity index (χ0) is 10.9. The van der Waals surface area contributed by atoms with E-state index in [0.29, 0.717) is 19.6 Å². The number of nitrogens with one attached hydrogen (secondary N) is 1. The summed E-state index contributed by atoms with van der Waals surface area (Å²) in [6, 6.07) is 0.216. The summed E-state index contributed by atoms with van der Waals surface area (Å²) in [5, 5.41) is 3.26. The molecular formula is C9H19N3O2S. The first-order valence-electron chi connectivity index (χ1n) is 5.64. The molecule has 0 saturated carbocycles. The number of rotatable bonds is 2. The third-order valence-electron chi connectivity index (χ3n) is 3.26. The molecule has 0 aromatic heterocycles. The van der Waals surface area contributed by atoms with E-state index in [1.807, 2.05) is 6.92 Å². The molecule has 0 aromatic carbocycles. The van der Waals surface area contributed by atoms with Crippen LogP contribution >= 0.6 is 0 Å². The zero-order valence-electron chi connectivity index (χ0n) is 9.15. The van der Waals surface area contributed by atoms with E-state index in [4.69, 9.17) is 0 Å². The normalized spacial score (nSPS) is 29.7. The van der Waals surface area contributed by atoms with Crippen LogP contribution in [0.15, 0.2) is 0 Å². The Morgan fingerprint density at radius 1 is 1.27 bits per heavy atom. The molecule has 0 spiro atoms. The fraction of sp³-hybridized carbons (Fsp3) is 1.00. The molecule has 2 fully saturated rings. The van der Waals surface area contributed by atoms with Gasteiger partial charge < -0.3 is 5.32 Å². The lowest BCUT2D eigenvalue weighted by Gasteiger charge is -2.30. The van der Waals surface area contributed by atoms with Crippen LogP contribution in [-0.2, 0) is 10.2 Å². The molecule has 0 unspecified atom stereocenters. The first-order chi connectivity index (χ1) is 7.16. The summed E-state index contributed by atoms with van der Waals surface area (Å²) in [5.41, 5.74) is 0. The van der Waals surface area contributed by atoms with Crippen LogP contribution < -0.4 is 5.32 Å². The molecule has 0 aliphatic carbocycles. The minimum absolute atomic E-state index is 0.216. The van der Waals surface area contributed by atoms with Crippen LogP contribution in [0.25, 0.3) is 0 Å². The molecule has 0 amide bonds. The second-order valence-corrected chi connectivity index (χ2v) is 5.97. The molecule has 0 bridgehead atoms. The van der Waals surface area contributed by atoms with Crippen molar-refractivity contribution >= 4 is 10.2 Å². The monoisotopic (exact) mass is 233 g/mol. The average molecular weight is 233 g/mol. The van der Waals surface area contributed by atoms with Gasteiger partial charge in [0.15, 0.2) is 0 Å². The van der Waals surface area contributed by atoms with Gasteiger partial charge in [-0.1, -0.05) is 6.92 Å². The van der Waals surface area contributed by atoms with Gasteiger partial charge in [0.25, 0.3) is 10.2 Å². The standard InChI is InChI=1S/C9H19N3O2S/c1-2-11-7-8-12(15(11,13)14)9-3-5-10-6-4-9/h9-10H,2-8H2,1H3. The molecule has 2 rings (SSSR count). The molecule has 2 aliphatic heterocycles. The number of likely N-dealkylation sites (N-methyl/N-ethyl adjacent to an activating group) is 1. The third-order valence-corrected chi connectivity index (χ3v) is 5.43. The number of piperidine rings is 1. The molecule has 88 valence electrons. The minimum Gasteiger partial charge on any atom is -0.317 e. The number of hydrogen-bond donors (Lipinski definition) is 1. The topological polar surface area (TPSA) is 52.6 Å². The van der Waals surface area contributed by atoms with E-state index in [9.17, 15) is 8.42 Å². The summed E-state index contributed by atoms with van der Waals surface area (Å²) in [6.45, 7) is 5.67. The Morgan fingerprint density at radius 3 is 2.47 bits per heavy atom. The summed E-state index contributed by atoms with van der Waals surface area (Å²) in [4.78, 5) is 0. The first-order valence-corrected chi connectivity index (χ1v) is 7.03. The smallest absolute Gasteiger partial charge is 0.282 e. The highest BCUT2D eigenvalue weighted by atomic mass is 32.2. The highest BCUT2D eigenvalue weighted by Crippen LogP contribution is 2.23. The second-order valence-electron chi connectivity index (χ2n) is 4.09. The molecule has 1 N–H and O–H groups in total. The quantitative estimate of drug-likeness (QED) is 0.707. The van der Waals surface area contributed by atoms with Gasteiger partial charge in [0, 0.05) is 25.7 Å². The van der Waals surface area contributed by atoms with Crippen molar-refractivity contribution in [3.63, 3.8) is 0 Å². The van der Waals surface area contributed by atoms with Crippen LogP contribution in [0.1, 0.15) is 19.8 Å². The van der Waals surface area contributed by atoms with Gasteiger partial charge in [-0.05, 0) is 25.9 Å². The fourth-order valence-corrected chi connectivity index (χ4v) is 4.21. The maximum Gasteiger partial charge on any atom is 0.282 e. The van der Waals surface area contributed by atoms with Crippen molar-refractivity contribution in [2.75, 3.05) is 32.7 Å². The lowest BCUT2D eigenvalue weighted by Crippen LogP contribution is -2.45. The molecule has 2 aliphatic rings. The Hall–Kier alpha value is -0.170. The third kappa shape index (κ3) is 2.04. The predicted octanol–water partition coefficient (Wildman–Crippen LogP) is -0.379. The highest BCUT2D eigenvalue weighted by molar-refractivity contribution is 7.87. The highest BCUT2D eigenvalue weighted by Gasteiger charge is 2.39. The molecule has 0 radical (unpaired) electrons. The summed E-state index contributed by atoms with van der Waals surface area (Å²) in [7, 11) is -3.14. The van der Waals surface area contributed by atoms with Crippen LogP contribution in [0.3, 0.4) is 0 Å². The number of nitrogens with zero attached hydrogens (tertiary/aromatic N) is 2. The molecule has 5 nitrogen and oxygen atoms in total. The van der Waals surface area contributed by atoms with Crippen LogP contribution in [0.5, 0.6) is 0 Å². The van der Waals surface area contributed by atoms with Crippen molar-refractivity contribution in [2.45, 2.75) is 25.8 Å². The summed E-state index contributed by atoms with van der Waals surface area (Å²) >= 11 is 0. The van der Waals surface area contributed by atoms with Crippen LogP contribution in [0, 0.1) is 0 Å². The molecule has 15 heavy (non-hydrogen) atoms. The van der Waals surface area contributed by atoms with E-state index >= 15 is 0 Å². The van der Waals surface area contributed by atoms with Gasteiger partial charge in [-0.25, -0.2) is 0 Å². The summed E-state index contributed by atoms with van der Waals surface area (Å²) in [6.07, 6.45) is 1.88. The Labute approximate surface area is 91.6 Å². The van der Waals surface area contributed by atoms with Crippen molar-refractivity contribution < 1.29 is 8.42 Å². The maximum atomic E-state index is 12.1. The Bertz CT molecular complexity index is 311. The maximum absolute atomic E-state index is 12.1. The Balaban J connectivity index is 2.10. The SMILES string of the molecule is CCN1CCN(C2CCNCC2)S1(=O)=O. The van der Waals surface area contributed by atoms with Crippen molar-refractivity contribution in [1.82, 2.24) is 13.9 Å². The Kier molecular flexibility index (Phi) is 3.30. The summed E-state index contributed by atoms with van der Waals surface area (Å²) < 4.78 is 27.4. The fourth-order valence-electron chi connectivity index (χ4n) is 2.38. The van der Waals surface area contributed by atoms with E-state index in [2.05, 4.69) is 5.32 Å².